The summed E-state index contributed by atoms with van der Waals surface area (Å²) in [7, 11) is 0. The predicted molar refractivity (Wildman–Crippen MR) is 122 cm³/mol. The zero-order valence-corrected chi connectivity index (χ0v) is 17.8. The first-order valence-electron chi connectivity index (χ1n) is 8.89. The van der Waals surface area contributed by atoms with E-state index in [4.69, 9.17) is 17.0 Å². The molecule has 3 N–H and O–H groups in total. The molecule has 29 heavy (non-hydrogen) atoms. The maximum Gasteiger partial charge on any atom is 0.261 e. The lowest BCUT2D eigenvalue weighted by Crippen LogP contribution is -2.34. The molecule has 0 spiro atoms. The van der Waals surface area contributed by atoms with Crippen molar-refractivity contribution in [3.63, 3.8) is 0 Å². The summed E-state index contributed by atoms with van der Waals surface area (Å²) in [6, 6.07) is 21.8. The SMILES string of the molecule is O=C(NC(=S)Nc1ccccc1O)c1cc(Br)ccc1OCCc1ccccc1. The fourth-order valence-corrected chi connectivity index (χ4v) is 3.20. The van der Waals surface area contributed by atoms with Crippen LogP contribution in [-0.2, 0) is 6.42 Å². The maximum absolute atomic E-state index is 12.7. The van der Waals surface area contributed by atoms with Crippen LogP contribution in [0.25, 0.3) is 0 Å². The van der Waals surface area contributed by atoms with E-state index in [2.05, 4.69) is 26.6 Å². The lowest BCUT2D eigenvalue weighted by molar-refractivity contribution is 0.0973. The summed E-state index contributed by atoms with van der Waals surface area (Å²) in [5, 5.41) is 15.3. The molecule has 0 aliphatic heterocycles. The molecular formula is C22H19BrN2O3S. The van der Waals surface area contributed by atoms with Crippen LogP contribution in [0.4, 0.5) is 5.69 Å². The van der Waals surface area contributed by atoms with E-state index in [9.17, 15) is 9.90 Å². The quantitative estimate of drug-likeness (QED) is 0.352. The maximum atomic E-state index is 12.7. The number of hydrogen-bond acceptors (Lipinski definition) is 4. The molecule has 3 rings (SSSR count). The summed E-state index contributed by atoms with van der Waals surface area (Å²) in [5.74, 6) is 0.0948. The van der Waals surface area contributed by atoms with Gasteiger partial charge in [0.2, 0.25) is 0 Å². The number of nitrogens with one attached hydrogen (secondary N) is 2. The van der Waals surface area contributed by atoms with Crippen molar-refractivity contribution in [2.24, 2.45) is 0 Å². The van der Waals surface area contributed by atoms with Crippen molar-refractivity contribution in [3.8, 4) is 11.5 Å². The average Bonchev–Trinajstić information content (AvgIpc) is 2.71. The second-order valence-corrected chi connectivity index (χ2v) is 7.47. The zero-order chi connectivity index (χ0) is 20.6. The molecule has 0 fully saturated rings. The molecule has 0 aliphatic rings. The van der Waals surface area contributed by atoms with Gasteiger partial charge in [0.25, 0.3) is 5.91 Å². The molecule has 148 valence electrons. The highest BCUT2D eigenvalue weighted by Crippen LogP contribution is 2.24. The zero-order valence-electron chi connectivity index (χ0n) is 15.4. The van der Waals surface area contributed by atoms with Gasteiger partial charge in [0.05, 0.1) is 17.9 Å². The van der Waals surface area contributed by atoms with Gasteiger partial charge in [0.1, 0.15) is 11.5 Å². The Kier molecular flexibility index (Phi) is 7.21. The number of rotatable bonds is 6. The Morgan fingerprint density at radius 3 is 2.52 bits per heavy atom. The van der Waals surface area contributed by atoms with E-state index >= 15 is 0 Å². The molecule has 0 atom stereocenters. The topological polar surface area (TPSA) is 70.6 Å². The minimum Gasteiger partial charge on any atom is -0.506 e. The summed E-state index contributed by atoms with van der Waals surface area (Å²) < 4.78 is 6.60. The van der Waals surface area contributed by atoms with Gasteiger partial charge < -0.3 is 15.2 Å². The number of thiocarbonyl (C=S) groups is 1. The van der Waals surface area contributed by atoms with Crippen molar-refractivity contribution >= 4 is 44.9 Å². The van der Waals surface area contributed by atoms with Crippen molar-refractivity contribution < 1.29 is 14.6 Å². The van der Waals surface area contributed by atoms with Crippen molar-refractivity contribution in [3.05, 3.63) is 88.4 Å². The summed E-state index contributed by atoms with van der Waals surface area (Å²) in [6.45, 7) is 0.437. The molecule has 0 radical (unpaired) electrons. The number of para-hydroxylation sites is 2. The Labute approximate surface area is 182 Å². The Morgan fingerprint density at radius 2 is 1.76 bits per heavy atom. The number of aromatic hydroxyl groups is 1. The molecular weight excluding hydrogens is 452 g/mol. The van der Waals surface area contributed by atoms with E-state index < -0.39 is 5.91 Å². The van der Waals surface area contributed by atoms with E-state index in [-0.39, 0.29) is 10.9 Å². The number of phenolic OH excluding ortho intramolecular Hbond substituents is 1. The number of carbonyl (C=O) groups excluding carboxylic acids is 1. The first kappa shape index (κ1) is 20.8. The highest BCUT2D eigenvalue weighted by Gasteiger charge is 2.15. The number of amides is 1. The monoisotopic (exact) mass is 470 g/mol. The average molecular weight is 471 g/mol. The summed E-state index contributed by atoms with van der Waals surface area (Å²) in [4.78, 5) is 12.7. The second-order valence-electron chi connectivity index (χ2n) is 6.15. The van der Waals surface area contributed by atoms with Crippen LogP contribution in [0.2, 0.25) is 0 Å². The first-order chi connectivity index (χ1) is 14.0. The normalized spacial score (nSPS) is 10.2. The molecule has 7 heteroatoms. The molecule has 0 saturated heterocycles. The van der Waals surface area contributed by atoms with Crippen LogP contribution in [0.15, 0.2) is 77.3 Å². The standard InChI is InChI=1S/C22H19BrN2O3S/c23-16-10-11-20(28-13-12-15-6-2-1-3-7-15)17(14-16)21(27)25-22(29)24-18-8-4-5-9-19(18)26/h1-11,14,26H,12-13H2,(H2,24,25,27,29). The Hall–Kier alpha value is -2.90. The van der Waals surface area contributed by atoms with Gasteiger partial charge in [-0.15, -0.1) is 0 Å². The molecule has 0 bridgehead atoms. The third-order valence-corrected chi connectivity index (χ3v) is 4.75. The Morgan fingerprint density at radius 1 is 1.03 bits per heavy atom. The summed E-state index contributed by atoms with van der Waals surface area (Å²) in [6.07, 6.45) is 0.727. The third-order valence-electron chi connectivity index (χ3n) is 4.06. The molecule has 3 aromatic carbocycles. The van der Waals surface area contributed by atoms with Gasteiger partial charge in [0.15, 0.2) is 5.11 Å². The van der Waals surface area contributed by atoms with Crippen LogP contribution in [0, 0.1) is 0 Å². The van der Waals surface area contributed by atoms with Gasteiger partial charge in [-0.05, 0) is 48.1 Å². The number of hydrogen-bond donors (Lipinski definition) is 3. The fraction of sp³-hybridized carbons (Fsp3) is 0.0909. The van der Waals surface area contributed by atoms with E-state index in [1.807, 2.05) is 36.4 Å². The number of benzene rings is 3. The lowest BCUT2D eigenvalue weighted by Gasteiger charge is -2.14. The molecule has 0 aliphatic carbocycles. The smallest absolute Gasteiger partial charge is 0.261 e. The summed E-state index contributed by atoms with van der Waals surface area (Å²) >= 11 is 8.57. The molecule has 0 unspecified atom stereocenters. The molecule has 0 saturated carbocycles. The number of phenols is 1. The predicted octanol–water partition coefficient (Wildman–Crippen LogP) is 4.90. The first-order valence-corrected chi connectivity index (χ1v) is 10.1. The van der Waals surface area contributed by atoms with Gasteiger partial charge >= 0.3 is 0 Å². The molecule has 0 aromatic heterocycles. The van der Waals surface area contributed by atoms with Gasteiger partial charge in [0, 0.05) is 10.9 Å². The van der Waals surface area contributed by atoms with E-state index in [1.54, 1.807) is 30.3 Å². The van der Waals surface area contributed by atoms with Crippen LogP contribution in [0.5, 0.6) is 11.5 Å². The largest absolute Gasteiger partial charge is 0.506 e. The fourth-order valence-electron chi connectivity index (χ4n) is 2.63. The third kappa shape index (κ3) is 6.04. The van der Waals surface area contributed by atoms with Gasteiger partial charge in [-0.3, -0.25) is 10.1 Å². The van der Waals surface area contributed by atoms with Crippen molar-refractivity contribution in [1.29, 1.82) is 0 Å². The lowest BCUT2D eigenvalue weighted by atomic mass is 10.1. The van der Waals surface area contributed by atoms with Gasteiger partial charge in [-0.25, -0.2) is 0 Å². The molecule has 1 amide bonds. The minimum absolute atomic E-state index is 0.0384. The van der Waals surface area contributed by atoms with Gasteiger partial charge in [-0.1, -0.05) is 58.4 Å². The van der Waals surface area contributed by atoms with Crippen LogP contribution >= 0.6 is 28.1 Å². The number of anilines is 1. The highest BCUT2D eigenvalue weighted by molar-refractivity contribution is 9.10. The van der Waals surface area contributed by atoms with Crippen LogP contribution in [0.1, 0.15) is 15.9 Å². The molecule has 0 heterocycles. The second kappa shape index (κ2) is 10.0. The number of ether oxygens (including phenoxy) is 1. The van der Waals surface area contributed by atoms with Crippen molar-refractivity contribution in [2.45, 2.75) is 6.42 Å². The van der Waals surface area contributed by atoms with Crippen molar-refractivity contribution in [2.75, 3.05) is 11.9 Å². The van der Waals surface area contributed by atoms with Crippen LogP contribution in [0.3, 0.4) is 0 Å². The number of carbonyl (C=O) groups is 1. The number of halogens is 1. The van der Waals surface area contributed by atoms with Crippen LogP contribution in [-0.4, -0.2) is 22.7 Å². The Bertz CT molecular complexity index is 1010. The minimum atomic E-state index is -0.408. The van der Waals surface area contributed by atoms with Gasteiger partial charge in [-0.2, -0.15) is 0 Å². The van der Waals surface area contributed by atoms with Crippen molar-refractivity contribution in [1.82, 2.24) is 5.32 Å². The van der Waals surface area contributed by atoms with E-state index in [0.717, 1.165) is 16.5 Å². The highest BCUT2D eigenvalue weighted by atomic mass is 79.9. The Balaban J connectivity index is 1.65. The van der Waals surface area contributed by atoms with E-state index in [1.165, 1.54) is 6.07 Å². The summed E-state index contributed by atoms with van der Waals surface area (Å²) in [5.41, 5.74) is 1.92. The van der Waals surface area contributed by atoms with E-state index in [0.29, 0.717) is 23.6 Å². The molecule has 3 aromatic rings. The molecule has 5 nitrogen and oxygen atoms in total. The van der Waals surface area contributed by atoms with Crippen LogP contribution < -0.4 is 15.4 Å².